The van der Waals surface area contributed by atoms with Gasteiger partial charge in [-0.15, -0.1) is 0 Å². The molecule has 0 saturated carbocycles. The third-order valence-corrected chi connectivity index (χ3v) is 2.44. The van der Waals surface area contributed by atoms with Crippen molar-refractivity contribution in [3.8, 4) is 0 Å². The van der Waals surface area contributed by atoms with Gasteiger partial charge in [0.15, 0.2) is 0 Å². The van der Waals surface area contributed by atoms with E-state index in [0.29, 0.717) is 6.42 Å². The van der Waals surface area contributed by atoms with Crippen LogP contribution in [0.2, 0.25) is 0 Å². The standard InChI is InChI=1S/C14H22N2O/c1-3-6-14(17)16-13-8-5-7-12(10-13)11-15-9-4-2/h5,7-8,10,15H,3-4,6,9,11H2,1-2H3,(H,16,17). The van der Waals surface area contributed by atoms with Crippen molar-refractivity contribution in [3.05, 3.63) is 29.8 Å². The van der Waals surface area contributed by atoms with Crippen molar-refractivity contribution in [2.45, 2.75) is 39.7 Å². The fourth-order valence-corrected chi connectivity index (χ4v) is 1.62. The predicted octanol–water partition coefficient (Wildman–Crippen LogP) is 2.92. The first-order valence-corrected chi connectivity index (χ1v) is 6.35. The zero-order valence-corrected chi connectivity index (χ0v) is 10.8. The van der Waals surface area contributed by atoms with E-state index in [0.717, 1.165) is 31.6 Å². The maximum absolute atomic E-state index is 11.5. The van der Waals surface area contributed by atoms with E-state index in [2.05, 4.69) is 23.6 Å². The molecule has 0 aromatic heterocycles. The minimum atomic E-state index is 0.0890. The smallest absolute Gasteiger partial charge is 0.224 e. The quantitative estimate of drug-likeness (QED) is 0.712. The fourth-order valence-electron chi connectivity index (χ4n) is 1.62. The second-order valence-electron chi connectivity index (χ2n) is 4.18. The highest BCUT2D eigenvalue weighted by molar-refractivity contribution is 5.90. The topological polar surface area (TPSA) is 41.1 Å². The number of nitrogens with one attached hydrogen (secondary N) is 2. The lowest BCUT2D eigenvalue weighted by Crippen LogP contribution is -2.14. The number of carbonyl (C=O) groups is 1. The Morgan fingerprint density at radius 2 is 2.06 bits per heavy atom. The van der Waals surface area contributed by atoms with E-state index < -0.39 is 0 Å². The van der Waals surface area contributed by atoms with Crippen molar-refractivity contribution < 1.29 is 4.79 Å². The molecule has 1 amide bonds. The first-order chi connectivity index (χ1) is 8.26. The molecule has 0 aliphatic heterocycles. The molecule has 0 aliphatic carbocycles. The maximum Gasteiger partial charge on any atom is 0.224 e. The highest BCUT2D eigenvalue weighted by Gasteiger charge is 2.01. The second kappa shape index (κ2) is 7.85. The summed E-state index contributed by atoms with van der Waals surface area (Å²) in [6.07, 6.45) is 2.59. The molecule has 3 nitrogen and oxygen atoms in total. The van der Waals surface area contributed by atoms with Crippen molar-refractivity contribution >= 4 is 11.6 Å². The van der Waals surface area contributed by atoms with Gasteiger partial charge in [-0.3, -0.25) is 4.79 Å². The minimum Gasteiger partial charge on any atom is -0.326 e. The zero-order chi connectivity index (χ0) is 12.5. The summed E-state index contributed by atoms with van der Waals surface area (Å²) < 4.78 is 0. The van der Waals surface area contributed by atoms with Gasteiger partial charge in [-0.2, -0.15) is 0 Å². The van der Waals surface area contributed by atoms with Crippen LogP contribution in [0.15, 0.2) is 24.3 Å². The largest absolute Gasteiger partial charge is 0.326 e. The Kier molecular flexibility index (Phi) is 6.33. The molecule has 0 bridgehead atoms. The molecule has 1 aromatic rings. The lowest BCUT2D eigenvalue weighted by Gasteiger charge is -2.07. The molecular weight excluding hydrogens is 212 g/mol. The number of anilines is 1. The van der Waals surface area contributed by atoms with Crippen LogP contribution in [0.25, 0.3) is 0 Å². The van der Waals surface area contributed by atoms with Crippen molar-refractivity contribution in [3.63, 3.8) is 0 Å². The van der Waals surface area contributed by atoms with Crippen molar-refractivity contribution in [1.82, 2.24) is 5.32 Å². The average molecular weight is 234 g/mol. The number of hydrogen-bond donors (Lipinski definition) is 2. The summed E-state index contributed by atoms with van der Waals surface area (Å²) in [4.78, 5) is 11.5. The van der Waals surface area contributed by atoms with Gasteiger partial charge < -0.3 is 10.6 Å². The number of amides is 1. The molecule has 1 rings (SSSR count). The molecule has 0 aliphatic rings. The number of benzene rings is 1. The first kappa shape index (κ1) is 13.7. The summed E-state index contributed by atoms with van der Waals surface area (Å²) in [5.41, 5.74) is 2.09. The summed E-state index contributed by atoms with van der Waals surface area (Å²) in [6.45, 7) is 6.02. The Morgan fingerprint density at radius 1 is 1.24 bits per heavy atom. The average Bonchev–Trinajstić information content (AvgIpc) is 2.30. The normalized spacial score (nSPS) is 10.2. The monoisotopic (exact) mass is 234 g/mol. The Morgan fingerprint density at radius 3 is 2.76 bits per heavy atom. The lowest BCUT2D eigenvalue weighted by atomic mass is 10.2. The summed E-state index contributed by atoms with van der Waals surface area (Å²) in [5, 5.41) is 6.25. The van der Waals surface area contributed by atoms with Crippen LogP contribution in [-0.2, 0) is 11.3 Å². The van der Waals surface area contributed by atoms with Crippen LogP contribution in [0.1, 0.15) is 38.7 Å². The van der Waals surface area contributed by atoms with E-state index in [1.54, 1.807) is 0 Å². The molecule has 0 atom stereocenters. The molecule has 2 N–H and O–H groups in total. The molecule has 0 spiro atoms. The minimum absolute atomic E-state index is 0.0890. The Hall–Kier alpha value is -1.35. The molecule has 0 unspecified atom stereocenters. The Labute approximate surface area is 104 Å². The summed E-state index contributed by atoms with van der Waals surface area (Å²) >= 11 is 0. The van der Waals surface area contributed by atoms with Crippen LogP contribution in [0, 0.1) is 0 Å². The molecule has 3 heteroatoms. The van der Waals surface area contributed by atoms with Gasteiger partial charge in [0.25, 0.3) is 0 Å². The molecular formula is C14H22N2O. The third kappa shape index (κ3) is 5.50. The molecule has 0 fully saturated rings. The van der Waals surface area contributed by atoms with E-state index in [-0.39, 0.29) is 5.91 Å². The van der Waals surface area contributed by atoms with Crippen LogP contribution in [0.4, 0.5) is 5.69 Å². The van der Waals surface area contributed by atoms with Gasteiger partial charge in [-0.1, -0.05) is 26.0 Å². The maximum atomic E-state index is 11.5. The van der Waals surface area contributed by atoms with E-state index in [9.17, 15) is 4.79 Å². The first-order valence-electron chi connectivity index (χ1n) is 6.35. The van der Waals surface area contributed by atoms with Crippen LogP contribution >= 0.6 is 0 Å². The number of hydrogen-bond acceptors (Lipinski definition) is 2. The predicted molar refractivity (Wildman–Crippen MR) is 72.0 cm³/mol. The highest BCUT2D eigenvalue weighted by Crippen LogP contribution is 2.11. The SMILES string of the molecule is CCCNCc1cccc(NC(=O)CCC)c1. The second-order valence-corrected chi connectivity index (χ2v) is 4.18. The van der Waals surface area contributed by atoms with Crippen LogP contribution in [0.3, 0.4) is 0 Å². The summed E-state index contributed by atoms with van der Waals surface area (Å²) in [5.74, 6) is 0.0890. The van der Waals surface area contributed by atoms with Crippen LogP contribution < -0.4 is 10.6 Å². The van der Waals surface area contributed by atoms with E-state index >= 15 is 0 Å². The highest BCUT2D eigenvalue weighted by atomic mass is 16.1. The molecule has 94 valence electrons. The zero-order valence-electron chi connectivity index (χ0n) is 10.8. The van der Waals surface area contributed by atoms with Crippen LogP contribution in [0.5, 0.6) is 0 Å². The van der Waals surface area contributed by atoms with Gasteiger partial charge in [0.2, 0.25) is 5.91 Å². The molecule has 1 aromatic carbocycles. The van der Waals surface area contributed by atoms with Gasteiger partial charge in [-0.05, 0) is 37.1 Å². The molecule has 0 radical (unpaired) electrons. The lowest BCUT2D eigenvalue weighted by molar-refractivity contribution is -0.116. The third-order valence-electron chi connectivity index (χ3n) is 2.44. The molecule has 17 heavy (non-hydrogen) atoms. The van der Waals surface area contributed by atoms with Crippen molar-refractivity contribution in [1.29, 1.82) is 0 Å². The van der Waals surface area contributed by atoms with E-state index in [1.807, 2.05) is 25.1 Å². The number of carbonyl (C=O) groups excluding carboxylic acids is 1. The Bertz CT molecular complexity index is 350. The van der Waals surface area contributed by atoms with E-state index in [1.165, 1.54) is 5.56 Å². The van der Waals surface area contributed by atoms with Gasteiger partial charge >= 0.3 is 0 Å². The number of rotatable bonds is 7. The van der Waals surface area contributed by atoms with Crippen molar-refractivity contribution in [2.75, 3.05) is 11.9 Å². The van der Waals surface area contributed by atoms with Gasteiger partial charge in [0.05, 0.1) is 0 Å². The van der Waals surface area contributed by atoms with Gasteiger partial charge in [0, 0.05) is 18.7 Å². The summed E-state index contributed by atoms with van der Waals surface area (Å²) in [7, 11) is 0. The van der Waals surface area contributed by atoms with Gasteiger partial charge in [0.1, 0.15) is 0 Å². The molecule has 0 heterocycles. The van der Waals surface area contributed by atoms with E-state index in [4.69, 9.17) is 0 Å². The fraction of sp³-hybridized carbons (Fsp3) is 0.500. The van der Waals surface area contributed by atoms with Gasteiger partial charge in [-0.25, -0.2) is 0 Å². The Balaban J connectivity index is 2.50. The van der Waals surface area contributed by atoms with Crippen molar-refractivity contribution in [2.24, 2.45) is 0 Å². The van der Waals surface area contributed by atoms with Crippen LogP contribution in [-0.4, -0.2) is 12.5 Å². The summed E-state index contributed by atoms with van der Waals surface area (Å²) in [6, 6.07) is 8.00. The molecule has 0 saturated heterocycles.